The van der Waals surface area contributed by atoms with Crippen LogP contribution in [0.4, 0.5) is 11.4 Å². The predicted molar refractivity (Wildman–Crippen MR) is 114 cm³/mol. The minimum absolute atomic E-state index is 0.142. The van der Waals surface area contributed by atoms with Crippen LogP contribution < -0.4 is 10.2 Å². The first-order valence-corrected chi connectivity index (χ1v) is 10.4. The van der Waals surface area contributed by atoms with Crippen LogP contribution in [0.5, 0.6) is 0 Å². The van der Waals surface area contributed by atoms with Gasteiger partial charge in [0.1, 0.15) is 0 Å². The van der Waals surface area contributed by atoms with Crippen LogP contribution in [0.1, 0.15) is 44.6 Å². The molecule has 0 radical (unpaired) electrons. The molecule has 2 aromatic carbocycles. The van der Waals surface area contributed by atoms with E-state index in [-0.39, 0.29) is 36.9 Å². The molecule has 1 aliphatic heterocycles. The van der Waals surface area contributed by atoms with Crippen molar-refractivity contribution in [2.45, 2.75) is 50.5 Å². The average molecular weight is 406 g/mol. The lowest BCUT2D eigenvalue weighted by molar-refractivity contribution is -0.154. The van der Waals surface area contributed by atoms with Crippen molar-refractivity contribution >= 4 is 29.2 Å². The van der Waals surface area contributed by atoms with Crippen molar-refractivity contribution in [3.63, 3.8) is 0 Å². The number of nitrogens with one attached hydrogen (secondary N) is 1. The Hall–Kier alpha value is -3.15. The smallest absolute Gasteiger partial charge is 0.317 e. The van der Waals surface area contributed by atoms with Gasteiger partial charge in [0, 0.05) is 12.5 Å². The van der Waals surface area contributed by atoms with Crippen LogP contribution in [-0.2, 0) is 24.5 Å². The van der Waals surface area contributed by atoms with Crippen LogP contribution in [0.15, 0.2) is 54.6 Å². The highest BCUT2D eigenvalue weighted by molar-refractivity contribution is 6.05. The van der Waals surface area contributed by atoms with Gasteiger partial charge in [-0.3, -0.25) is 14.4 Å². The molecule has 1 N–H and O–H groups in total. The normalized spacial score (nSPS) is 20.1. The summed E-state index contributed by atoms with van der Waals surface area (Å²) in [6.07, 6.45) is 3.56. The zero-order valence-electron chi connectivity index (χ0n) is 17.1. The van der Waals surface area contributed by atoms with Gasteiger partial charge in [0.05, 0.1) is 16.8 Å². The fraction of sp³-hybridized carbons (Fsp3) is 0.375. The van der Waals surface area contributed by atoms with Gasteiger partial charge in [0.2, 0.25) is 5.91 Å². The first-order chi connectivity index (χ1) is 14.5. The number of hydrogen-bond acceptors (Lipinski definition) is 4. The molecule has 1 heterocycles. The van der Waals surface area contributed by atoms with Crippen LogP contribution in [0, 0.1) is 0 Å². The Morgan fingerprint density at radius 3 is 2.47 bits per heavy atom. The van der Waals surface area contributed by atoms with E-state index in [4.69, 9.17) is 4.74 Å². The van der Waals surface area contributed by atoms with Gasteiger partial charge in [0.15, 0.2) is 6.61 Å². The van der Waals surface area contributed by atoms with Crippen molar-refractivity contribution < 1.29 is 19.1 Å². The molecule has 0 bridgehead atoms. The molecule has 156 valence electrons. The van der Waals surface area contributed by atoms with E-state index >= 15 is 0 Å². The van der Waals surface area contributed by atoms with Gasteiger partial charge in [-0.25, -0.2) is 0 Å². The zero-order valence-corrected chi connectivity index (χ0v) is 17.1. The van der Waals surface area contributed by atoms with E-state index in [9.17, 15) is 14.4 Å². The summed E-state index contributed by atoms with van der Waals surface area (Å²) in [5.74, 6) is -0.818. The van der Waals surface area contributed by atoms with Crippen LogP contribution in [0.25, 0.3) is 0 Å². The Bertz CT molecular complexity index is 951. The second-order valence-electron chi connectivity index (χ2n) is 8.11. The molecule has 2 amide bonds. The first kappa shape index (κ1) is 20.1. The molecular weight excluding hydrogens is 380 g/mol. The number of fused-ring (bicyclic) bond motifs is 1. The summed E-state index contributed by atoms with van der Waals surface area (Å²) in [6, 6.07) is 16.5. The molecule has 4 rings (SSSR count). The zero-order chi connectivity index (χ0) is 21.1. The molecule has 0 spiro atoms. The van der Waals surface area contributed by atoms with Crippen molar-refractivity contribution in [2.75, 3.05) is 16.8 Å². The molecule has 0 saturated heterocycles. The molecule has 1 aliphatic carbocycles. The van der Waals surface area contributed by atoms with E-state index in [2.05, 4.69) is 5.32 Å². The van der Waals surface area contributed by atoms with Gasteiger partial charge in [-0.1, -0.05) is 55.3 Å². The Balaban J connectivity index is 1.53. The maximum Gasteiger partial charge on any atom is 0.317 e. The molecule has 0 aromatic heterocycles. The number of esters is 1. The molecular formula is C24H26N2O4. The van der Waals surface area contributed by atoms with Crippen LogP contribution in [0.2, 0.25) is 0 Å². The summed E-state index contributed by atoms with van der Waals surface area (Å²) in [5, 5.41) is 2.83. The molecule has 1 fully saturated rings. The predicted octanol–water partition coefficient (Wildman–Crippen LogP) is 3.81. The monoisotopic (exact) mass is 406 g/mol. The van der Waals surface area contributed by atoms with E-state index < -0.39 is 5.41 Å². The summed E-state index contributed by atoms with van der Waals surface area (Å²) in [6.45, 7) is 1.48. The molecule has 1 atom stereocenters. The summed E-state index contributed by atoms with van der Waals surface area (Å²) in [4.78, 5) is 39.9. The first-order valence-electron chi connectivity index (χ1n) is 10.4. The Morgan fingerprint density at radius 2 is 1.73 bits per heavy atom. The van der Waals surface area contributed by atoms with Crippen molar-refractivity contribution in [1.29, 1.82) is 0 Å². The number of carbonyl (C=O) groups is 3. The molecule has 2 aliphatic rings. The van der Waals surface area contributed by atoms with E-state index in [0.29, 0.717) is 11.4 Å². The third-order valence-electron chi connectivity index (χ3n) is 6.13. The van der Waals surface area contributed by atoms with E-state index in [1.54, 1.807) is 17.0 Å². The minimum atomic E-state index is -0.679. The average Bonchev–Trinajstić information content (AvgIpc) is 3.20. The van der Waals surface area contributed by atoms with Gasteiger partial charge in [-0.15, -0.1) is 0 Å². The lowest BCUT2D eigenvalue weighted by Crippen LogP contribution is -2.43. The van der Waals surface area contributed by atoms with Gasteiger partial charge >= 0.3 is 5.97 Å². The Labute approximate surface area is 176 Å². The number of hydrogen-bond donors (Lipinski definition) is 1. The molecule has 6 heteroatoms. The third kappa shape index (κ3) is 3.70. The quantitative estimate of drug-likeness (QED) is 0.784. The van der Waals surface area contributed by atoms with Gasteiger partial charge in [-0.05, 0) is 37.5 Å². The van der Waals surface area contributed by atoms with Crippen molar-refractivity contribution in [3.8, 4) is 0 Å². The number of para-hydroxylation sites is 2. The maximum absolute atomic E-state index is 13.1. The van der Waals surface area contributed by atoms with Crippen LogP contribution in [-0.4, -0.2) is 30.4 Å². The van der Waals surface area contributed by atoms with Crippen molar-refractivity contribution in [1.82, 2.24) is 0 Å². The summed E-state index contributed by atoms with van der Waals surface area (Å²) in [5.41, 5.74) is 1.48. The van der Waals surface area contributed by atoms with Gasteiger partial charge < -0.3 is 15.0 Å². The fourth-order valence-electron chi connectivity index (χ4n) is 4.65. The minimum Gasteiger partial charge on any atom is -0.455 e. The standard InChI is InChI=1S/C24H26N2O4/c1-17-15-21(27)25-19-11-5-6-12-20(19)26(17)22(28)16-30-23(29)24(13-7-8-14-24)18-9-3-2-4-10-18/h2-6,9-12,17H,7-8,13-16H2,1H3,(H,25,27)/t17-/m1/s1. The SMILES string of the molecule is C[C@@H]1CC(=O)Nc2ccccc2N1C(=O)COC(=O)C1(c2ccccc2)CCCC1. The van der Waals surface area contributed by atoms with E-state index in [0.717, 1.165) is 31.2 Å². The molecule has 2 aromatic rings. The molecule has 0 unspecified atom stereocenters. The van der Waals surface area contributed by atoms with E-state index in [1.807, 2.05) is 49.4 Å². The summed E-state index contributed by atoms with van der Waals surface area (Å²) >= 11 is 0. The Morgan fingerprint density at radius 1 is 1.07 bits per heavy atom. The highest BCUT2D eigenvalue weighted by atomic mass is 16.5. The van der Waals surface area contributed by atoms with Gasteiger partial charge in [0.25, 0.3) is 5.91 Å². The number of ether oxygens (including phenoxy) is 1. The number of carbonyl (C=O) groups excluding carboxylic acids is 3. The number of benzene rings is 2. The second-order valence-corrected chi connectivity index (χ2v) is 8.11. The number of nitrogens with zero attached hydrogens (tertiary/aromatic N) is 1. The fourth-order valence-corrected chi connectivity index (χ4v) is 4.65. The number of amides is 2. The molecule has 6 nitrogen and oxygen atoms in total. The summed E-state index contributed by atoms with van der Waals surface area (Å²) < 4.78 is 5.59. The third-order valence-corrected chi connectivity index (χ3v) is 6.13. The number of anilines is 2. The van der Waals surface area contributed by atoms with Crippen LogP contribution >= 0.6 is 0 Å². The largest absolute Gasteiger partial charge is 0.455 e. The topological polar surface area (TPSA) is 75.7 Å². The maximum atomic E-state index is 13.1. The second kappa shape index (κ2) is 8.30. The van der Waals surface area contributed by atoms with E-state index in [1.165, 1.54) is 0 Å². The number of rotatable bonds is 4. The highest BCUT2D eigenvalue weighted by Gasteiger charge is 2.44. The van der Waals surface area contributed by atoms with Gasteiger partial charge in [-0.2, -0.15) is 0 Å². The summed E-state index contributed by atoms with van der Waals surface area (Å²) in [7, 11) is 0. The highest BCUT2D eigenvalue weighted by Crippen LogP contribution is 2.42. The van der Waals surface area contributed by atoms with Crippen molar-refractivity contribution in [2.24, 2.45) is 0 Å². The Kier molecular flexibility index (Phi) is 5.57. The lowest BCUT2D eigenvalue weighted by Gasteiger charge is -2.30. The lowest BCUT2D eigenvalue weighted by atomic mass is 9.79. The molecule has 30 heavy (non-hydrogen) atoms. The van der Waals surface area contributed by atoms with Crippen molar-refractivity contribution in [3.05, 3.63) is 60.2 Å². The molecule has 1 saturated carbocycles. The van der Waals surface area contributed by atoms with Crippen LogP contribution in [0.3, 0.4) is 0 Å².